The molecule has 0 fully saturated rings. The van der Waals surface area contributed by atoms with Crippen LogP contribution in [0, 0.1) is 0 Å². The molecule has 0 aromatic rings. The van der Waals surface area contributed by atoms with Crippen LogP contribution >= 0.6 is 11.8 Å². The maximum atomic E-state index is 11.7. The number of hydrogen-bond acceptors (Lipinski definition) is 4. The summed E-state index contributed by atoms with van der Waals surface area (Å²) in [5, 5.41) is 19.5. The number of carbonyl (C=O) groups is 3. The van der Waals surface area contributed by atoms with Gasteiger partial charge in [0.25, 0.3) is 0 Å². The average molecular weight is 278 g/mol. The summed E-state index contributed by atoms with van der Waals surface area (Å²) in [5.41, 5.74) is 0. The molecule has 0 aliphatic rings. The van der Waals surface area contributed by atoms with Gasteiger partial charge >= 0.3 is 18.0 Å². The van der Waals surface area contributed by atoms with Gasteiger partial charge in [-0.15, -0.1) is 0 Å². The summed E-state index contributed by atoms with van der Waals surface area (Å²) in [7, 11) is 1.54. The Balaban J connectivity index is 4.49. The molecule has 0 aromatic heterocycles. The molecule has 0 spiro atoms. The van der Waals surface area contributed by atoms with Crippen molar-refractivity contribution in [2.75, 3.05) is 19.1 Å². The zero-order valence-corrected chi connectivity index (χ0v) is 11.4. The van der Waals surface area contributed by atoms with Gasteiger partial charge in [-0.2, -0.15) is 11.8 Å². The minimum atomic E-state index is -1.42. The van der Waals surface area contributed by atoms with Crippen molar-refractivity contribution in [3.05, 3.63) is 0 Å². The zero-order chi connectivity index (χ0) is 14.3. The predicted molar refractivity (Wildman–Crippen MR) is 67.8 cm³/mol. The molecule has 1 unspecified atom stereocenters. The molecule has 2 amide bonds. The zero-order valence-electron chi connectivity index (χ0n) is 10.5. The Labute approximate surface area is 110 Å². The molecule has 18 heavy (non-hydrogen) atoms. The van der Waals surface area contributed by atoms with Gasteiger partial charge in [0.1, 0.15) is 6.04 Å². The van der Waals surface area contributed by atoms with Crippen molar-refractivity contribution in [2.45, 2.75) is 25.4 Å². The van der Waals surface area contributed by atoms with E-state index in [2.05, 4.69) is 5.32 Å². The van der Waals surface area contributed by atoms with Crippen molar-refractivity contribution in [1.82, 2.24) is 10.2 Å². The first-order valence-corrected chi connectivity index (χ1v) is 6.65. The van der Waals surface area contributed by atoms with E-state index < -0.39 is 30.4 Å². The number of rotatable bonds is 7. The summed E-state index contributed by atoms with van der Waals surface area (Å²) >= 11 is 1.56. The molecule has 0 saturated carbocycles. The number of carboxylic acids is 2. The van der Waals surface area contributed by atoms with Gasteiger partial charge in [-0.05, 0) is 13.2 Å². The largest absolute Gasteiger partial charge is 0.481 e. The second kappa shape index (κ2) is 7.80. The van der Waals surface area contributed by atoms with Crippen LogP contribution in [0.5, 0.6) is 0 Å². The summed E-state index contributed by atoms with van der Waals surface area (Å²) in [6.45, 7) is 1.82. The van der Waals surface area contributed by atoms with Gasteiger partial charge in [0, 0.05) is 18.8 Å². The van der Waals surface area contributed by atoms with Crippen LogP contribution in [-0.4, -0.2) is 64.2 Å². The van der Waals surface area contributed by atoms with Gasteiger partial charge in [-0.3, -0.25) is 4.79 Å². The van der Waals surface area contributed by atoms with Crippen molar-refractivity contribution < 1.29 is 24.6 Å². The summed E-state index contributed by atoms with van der Waals surface area (Å²) < 4.78 is 0. The number of aliphatic carboxylic acids is 2. The van der Waals surface area contributed by atoms with Crippen molar-refractivity contribution in [3.63, 3.8) is 0 Å². The highest BCUT2D eigenvalue weighted by atomic mass is 32.2. The van der Waals surface area contributed by atoms with Crippen molar-refractivity contribution in [2.24, 2.45) is 0 Å². The molecule has 0 saturated heterocycles. The fourth-order valence-electron chi connectivity index (χ4n) is 1.18. The van der Waals surface area contributed by atoms with E-state index >= 15 is 0 Å². The topological polar surface area (TPSA) is 107 Å². The van der Waals surface area contributed by atoms with E-state index in [0.29, 0.717) is 5.75 Å². The van der Waals surface area contributed by atoms with Crippen LogP contribution in [0.2, 0.25) is 0 Å². The van der Waals surface area contributed by atoms with E-state index in [-0.39, 0.29) is 6.04 Å². The first-order chi connectivity index (χ1) is 8.29. The third kappa shape index (κ3) is 5.76. The fourth-order valence-corrected chi connectivity index (χ4v) is 1.88. The quantitative estimate of drug-likeness (QED) is 0.618. The molecule has 0 aromatic carbocycles. The molecule has 0 bridgehead atoms. The van der Waals surface area contributed by atoms with Crippen LogP contribution in [0.4, 0.5) is 4.79 Å². The van der Waals surface area contributed by atoms with Gasteiger partial charge in [0.2, 0.25) is 0 Å². The maximum absolute atomic E-state index is 11.7. The number of urea groups is 1. The lowest BCUT2D eigenvalue weighted by Crippen LogP contribution is -2.50. The van der Waals surface area contributed by atoms with Crippen molar-refractivity contribution >= 4 is 29.7 Å². The first-order valence-electron chi connectivity index (χ1n) is 5.26. The lowest BCUT2D eigenvalue weighted by molar-refractivity contribution is -0.145. The number of nitrogens with one attached hydrogen (secondary N) is 1. The predicted octanol–water partition coefficient (Wildman–Crippen LogP) is 0.307. The summed E-state index contributed by atoms with van der Waals surface area (Å²) in [6, 6.07) is -2.08. The minimum Gasteiger partial charge on any atom is -0.481 e. The average Bonchev–Trinajstić information content (AvgIpc) is 2.26. The van der Waals surface area contributed by atoms with E-state index in [1.165, 1.54) is 11.9 Å². The number of nitrogens with zero attached hydrogens (tertiary/aromatic N) is 1. The molecule has 104 valence electrons. The maximum Gasteiger partial charge on any atom is 0.326 e. The van der Waals surface area contributed by atoms with Crippen LogP contribution in [-0.2, 0) is 9.59 Å². The van der Waals surface area contributed by atoms with E-state index in [9.17, 15) is 14.4 Å². The molecular weight excluding hydrogens is 260 g/mol. The Morgan fingerprint density at radius 3 is 2.28 bits per heavy atom. The lowest BCUT2D eigenvalue weighted by Gasteiger charge is -2.26. The Morgan fingerprint density at radius 2 is 1.89 bits per heavy atom. The van der Waals surface area contributed by atoms with Crippen LogP contribution in [0.15, 0.2) is 0 Å². The van der Waals surface area contributed by atoms with Crippen LogP contribution in [0.1, 0.15) is 13.3 Å². The van der Waals surface area contributed by atoms with Gasteiger partial charge in [-0.1, -0.05) is 0 Å². The third-order valence-corrected chi connectivity index (χ3v) is 3.18. The summed E-state index contributed by atoms with van der Waals surface area (Å²) in [5.74, 6) is -1.93. The van der Waals surface area contributed by atoms with Crippen molar-refractivity contribution in [1.29, 1.82) is 0 Å². The minimum absolute atomic E-state index is 0.0701. The van der Waals surface area contributed by atoms with Gasteiger partial charge in [0.05, 0.1) is 6.42 Å². The first kappa shape index (κ1) is 16.6. The number of thioether (sulfide) groups is 1. The molecule has 3 N–H and O–H groups in total. The van der Waals surface area contributed by atoms with E-state index in [1.54, 1.807) is 11.8 Å². The molecule has 0 heterocycles. The Morgan fingerprint density at radius 1 is 1.33 bits per heavy atom. The van der Waals surface area contributed by atoms with E-state index in [1.807, 2.05) is 13.2 Å². The third-order valence-electron chi connectivity index (χ3n) is 2.36. The molecule has 0 aliphatic heterocycles. The number of carbonyl (C=O) groups excluding carboxylic acids is 1. The van der Waals surface area contributed by atoms with Crippen LogP contribution in [0.3, 0.4) is 0 Å². The second-order valence-electron chi connectivity index (χ2n) is 3.85. The number of hydrogen-bond donors (Lipinski definition) is 3. The van der Waals surface area contributed by atoms with E-state index in [4.69, 9.17) is 10.2 Å². The highest BCUT2D eigenvalue weighted by molar-refractivity contribution is 7.98. The highest BCUT2D eigenvalue weighted by Crippen LogP contribution is 2.04. The van der Waals surface area contributed by atoms with E-state index in [0.717, 1.165) is 0 Å². The van der Waals surface area contributed by atoms with Crippen LogP contribution in [0.25, 0.3) is 0 Å². The standard InChI is InChI=1S/C10H18N2O5S/c1-6(5-18-3)12(2)10(17)11-7(9(15)16)4-8(13)14/h6-7H,4-5H2,1-3H3,(H,11,17)(H,13,14)(H,15,16)/t6?,7-/m1/s1. The molecule has 2 atom stereocenters. The summed E-state index contributed by atoms with van der Waals surface area (Å²) in [4.78, 5) is 34.3. The molecule has 0 aliphatic carbocycles. The molecule has 0 rings (SSSR count). The Hall–Kier alpha value is -1.44. The Bertz CT molecular complexity index is 323. The normalized spacial score (nSPS) is 13.5. The van der Waals surface area contributed by atoms with Gasteiger partial charge in [-0.25, -0.2) is 9.59 Å². The number of amides is 2. The number of carboxylic acid groups (broad SMARTS) is 2. The highest BCUT2D eigenvalue weighted by Gasteiger charge is 2.25. The molecular formula is C10H18N2O5S. The SMILES string of the molecule is CSCC(C)N(C)C(=O)N[C@H](CC(=O)O)C(=O)O. The Kier molecular flexibility index (Phi) is 7.18. The molecule has 7 nitrogen and oxygen atoms in total. The fraction of sp³-hybridized carbons (Fsp3) is 0.700. The van der Waals surface area contributed by atoms with Gasteiger partial charge in [0.15, 0.2) is 0 Å². The van der Waals surface area contributed by atoms with Gasteiger partial charge < -0.3 is 20.4 Å². The van der Waals surface area contributed by atoms with Crippen LogP contribution < -0.4 is 5.32 Å². The monoisotopic (exact) mass is 278 g/mol. The molecule has 0 radical (unpaired) electrons. The second-order valence-corrected chi connectivity index (χ2v) is 4.76. The van der Waals surface area contributed by atoms with Crippen molar-refractivity contribution in [3.8, 4) is 0 Å². The lowest BCUT2D eigenvalue weighted by atomic mass is 10.2. The summed E-state index contributed by atoms with van der Waals surface area (Å²) in [6.07, 6.45) is 1.25. The smallest absolute Gasteiger partial charge is 0.326 e. The molecule has 8 heteroatoms.